The Kier molecular flexibility index (Phi) is 5.03. The molecule has 1 aliphatic heterocycles. The molecule has 0 bridgehead atoms. The number of aromatic nitrogens is 2. The van der Waals surface area contributed by atoms with Crippen LogP contribution in [-0.4, -0.2) is 29.7 Å². The van der Waals surface area contributed by atoms with Gasteiger partial charge in [-0.25, -0.2) is 9.97 Å². The van der Waals surface area contributed by atoms with Crippen LogP contribution in [0.1, 0.15) is 32.6 Å². The van der Waals surface area contributed by atoms with Crippen LogP contribution < -0.4 is 20.7 Å². The van der Waals surface area contributed by atoms with Crippen molar-refractivity contribution in [2.45, 2.75) is 38.6 Å². The maximum absolute atomic E-state index is 6.40. The van der Waals surface area contributed by atoms with Gasteiger partial charge in [0.1, 0.15) is 17.8 Å². The van der Waals surface area contributed by atoms with E-state index in [-0.39, 0.29) is 0 Å². The summed E-state index contributed by atoms with van der Waals surface area (Å²) in [6.07, 6.45) is 6.31. The van der Waals surface area contributed by atoms with E-state index in [1.165, 1.54) is 19.3 Å². The molecule has 0 amide bonds. The van der Waals surface area contributed by atoms with E-state index < -0.39 is 0 Å². The topological polar surface area (TPSA) is 76.3 Å². The smallest absolute Gasteiger partial charge is 0.159 e. The van der Waals surface area contributed by atoms with E-state index in [4.69, 9.17) is 10.5 Å². The van der Waals surface area contributed by atoms with E-state index in [1.807, 2.05) is 24.3 Å². The highest BCUT2D eigenvalue weighted by Gasteiger charge is 2.25. The van der Waals surface area contributed by atoms with E-state index in [0.29, 0.717) is 17.5 Å². The minimum Gasteiger partial charge on any atom is -0.495 e. The third-order valence-corrected chi connectivity index (χ3v) is 4.59. The molecule has 1 unspecified atom stereocenters. The van der Waals surface area contributed by atoms with Crippen LogP contribution in [0.5, 0.6) is 5.75 Å². The lowest BCUT2D eigenvalue weighted by molar-refractivity contribution is 0.417. The first-order chi connectivity index (χ1) is 11.7. The minimum atomic E-state index is 0.495. The average molecular weight is 327 g/mol. The van der Waals surface area contributed by atoms with Gasteiger partial charge in [-0.15, -0.1) is 0 Å². The number of nitrogen functional groups attached to an aromatic ring is 1. The van der Waals surface area contributed by atoms with E-state index in [1.54, 1.807) is 13.4 Å². The molecule has 0 aliphatic carbocycles. The zero-order valence-electron chi connectivity index (χ0n) is 14.3. The van der Waals surface area contributed by atoms with Crippen LogP contribution >= 0.6 is 0 Å². The van der Waals surface area contributed by atoms with Gasteiger partial charge in [0.25, 0.3) is 0 Å². The summed E-state index contributed by atoms with van der Waals surface area (Å²) < 4.78 is 5.38. The lowest BCUT2D eigenvalue weighted by Gasteiger charge is -2.36. The van der Waals surface area contributed by atoms with Gasteiger partial charge in [-0.2, -0.15) is 0 Å². The number of methoxy groups -OCH3 is 1. The van der Waals surface area contributed by atoms with Gasteiger partial charge in [0.05, 0.1) is 12.8 Å². The van der Waals surface area contributed by atoms with Crippen LogP contribution in [0, 0.1) is 0 Å². The molecule has 24 heavy (non-hydrogen) atoms. The second kappa shape index (κ2) is 7.38. The minimum absolute atomic E-state index is 0.495. The lowest BCUT2D eigenvalue weighted by Crippen LogP contribution is -2.40. The number of para-hydroxylation sites is 2. The van der Waals surface area contributed by atoms with Crippen LogP contribution in [0.4, 0.5) is 23.0 Å². The maximum Gasteiger partial charge on any atom is 0.159 e. The average Bonchev–Trinajstić information content (AvgIpc) is 2.64. The number of hydrogen-bond acceptors (Lipinski definition) is 6. The molecular weight excluding hydrogens is 302 g/mol. The predicted octanol–water partition coefficient (Wildman–Crippen LogP) is 3.58. The van der Waals surface area contributed by atoms with Crippen molar-refractivity contribution < 1.29 is 4.74 Å². The van der Waals surface area contributed by atoms with Crippen LogP contribution in [0.2, 0.25) is 0 Å². The third-order valence-electron chi connectivity index (χ3n) is 4.59. The number of anilines is 4. The molecular formula is C18H25N5O. The molecule has 6 nitrogen and oxygen atoms in total. The van der Waals surface area contributed by atoms with Crippen LogP contribution in [0.3, 0.4) is 0 Å². The molecule has 128 valence electrons. The number of rotatable bonds is 5. The first-order valence-electron chi connectivity index (χ1n) is 8.51. The van der Waals surface area contributed by atoms with E-state index in [0.717, 1.165) is 30.2 Å². The number of benzene rings is 1. The summed E-state index contributed by atoms with van der Waals surface area (Å²) in [5.41, 5.74) is 7.82. The number of nitrogens with zero attached hydrogens (tertiary/aromatic N) is 3. The molecule has 3 N–H and O–H groups in total. The highest BCUT2D eigenvalue weighted by molar-refractivity contribution is 5.79. The van der Waals surface area contributed by atoms with Crippen molar-refractivity contribution in [1.82, 2.24) is 9.97 Å². The van der Waals surface area contributed by atoms with Gasteiger partial charge in [-0.05, 0) is 37.8 Å². The van der Waals surface area contributed by atoms with Crippen molar-refractivity contribution >= 4 is 23.0 Å². The normalized spacial score (nSPS) is 17.6. The molecule has 1 aromatic heterocycles. The molecule has 0 spiro atoms. The Morgan fingerprint density at radius 1 is 1.29 bits per heavy atom. The molecule has 2 aromatic rings. The quantitative estimate of drug-likeness (QED) is 0.874. The standard InChI is InChI=1S/C18H25N5O/c1-3-13-8-6-7-11-23(13)18-16(19)17(20-12-21-18)22-14-9-4-5-10-15(14)24-2/h4-5,9-10,12-13H,3,6-8,11,19H2,1-2H3,(H,20,21,22). The van der Waals surface area contributed by atoms with Crippen molar-refractivity contribution in [3.63, 3.8) is 0 Å². The fourth-order valence-corrected chi connectivity index (χ4v) is 3.29. The molecule has 0 saturated carbocycles. The molecule has 1 fully saturated rings. The van der Waals surface area contributed by atoms with E-state index >= 15 is 0 Å². The van der Waals surface area contributed by atoms with Gasteiger partial charge >= 0.3 is 0 Å². The van der Waals surface area contributed by atoms with Gasteiger partial charge in [0, 0.05) is 12.6 Å². The summed E-state index contributed by atoms with van der Waals surface area (Å²) in [5.74, 6) is 2.19. The van der Waals surface area contributed by atoms with Crippen molar-refractivity contribution in [3.05, 3.63) is 30.6 Å². The summed E-state index contributed by atoms with van der Waals surface area (Å²) in [7, 11) is 1.65. The zero-order valence-corrected chi connectivity index (χ0v) is 14.3. The number of nitrogens with two attached hydrogens (primary N) is 1. The Morgan fingerprint density at radius 2 is 2.12 bits per heavy atom. The first-order valence-corrected chi connectivity index (χ1v) is 8.51. The molecule has 1 saturated heterocycles. The summed E-state index contributed by atoms with van der Waals surface area (Å²) in [6.45, 7) is 3.21. The molecule has 1 atom stereocenters. The molecule has 0 radical (unpaired) electrons. The third kappa shape index (κ3) is 3.22. The van der Waals surface area contributed by atoms with Crippen molar-refractivity contribution in [2.24, 2.45) is 0 Å². The summed E-state index contributed by atoms with van der Waals surface area (Å²) in [6, 6.07) is 8.21. The van der Waals surface area contributed by atoms with Gasteiger partial charge in [-0.3, -0.25) is 0 Å². The first kappa shape index (κ1) is 16.4. The van der Waals surface area contributed by atoms with Crippen molar-refractivity contribution in [3.8, 4) is 5.75 Å². The van der Waals surface area contributed by atoms with Crippen LogP contribution in [0.25, 0.3) is 0 Å². The lowest BCUT2D eigenvalue weighted by atomic mass is 10.00. The van der Waals surface area contributed by atoms with Crippen molar-refractivity contribution in [1.29, 1.82) is 0 Å². The van der Waals surface area contributed by atoms with E-state index in [2.05, 4.69) is 27.1 Å². The highest BCUT2D eigenvalue weighted by Crippen LogP contribution is 2.34. The highest BCUT2D eigenvalue weighted by atomic mass is 16.5. The molecule has 1 aliphatic rings. The van der Waals surface area contributed by atoms with Gasteiger partial charge in [0.15, 0.2) is 11.6 Å². The Hall–Kier alpha value is -2.50. The zero-order chi connectivity index (χ0) is 16.9. The monoisotopic (exact) mass is 327 g/mol. The number of piperidine rings is 1. The predicted molar refractivity (Wildman–Crippen MR) is 98.0 cm³/mol. The van der Waals surface area contributed by atoms with E-state index in [9.17, 15) is 0 Å². The van der Waals surface area contributed by atoms with Crippen LogP contribution in [-0.2, 0) is 0 Å². The maximum atomic E-state index is 6.40. The van der Waals surface area contributed by atoms with Gasteiger partial charge in [-0.1, -0.05) is 19.1 Å². The summed E-state index contributed by atoms with van der Waals surface area (Å²) in [4.78, 5) is 11.1. The molecule has 2 heterocycles. The Labute approximate surface area is 143 Å². The number of hydrogen-bond donors (Lipinski definition) is 2. The fourth-order valence-electron chi connectivity index (χ4n) is 3.29. The Bertz CT molecular complexity index is 691. The number of nitrogens with one attached hydrogen (secondary N) is 1. The Balaban J connectivity index is 1.90. The summed E-state index contributed by atoms with van der Waals surface area (Å²) >= 11 is 0. The Morgan fingerprint density at radius 3 is 2.92 bits per heavy atom. The number of ether oxygens (including phenoxy) is 1. The molecule has 1 aromatic carbocycles. The summed E-state index contributed by atoms with van der Waals surface area (Å²) in [5, 5.41) is 3.28. The fraction of sp³-hybridized carbons (Fsp3) is 0.444. The van der Waals surface area contributed by atoms with Gasteiger partial charge < -0.3 is 20.7 Å². The van der Waals surface area contributed by atoms with Crippen molar-refractivity contribution in [2.75, 3.05) is 29.6 Å². The van der Waals surface area contributed by atoms with Crippen LogP contribution in [0.15, 0.2) is 30.6 Å². The second-order valence-electron chi connectivity index (χ2n) is 6.04. The second-order valence-corrected chi connectivity index (χ2v) is 6.04. The molecule has 6 heteroatoms. The molecule has 3 rings (SSSR count). The van der Waals surface area contributed by atoms with Gasteiger partial charge in [0.2, 0.25) is 0 Å². The SMILES string of the molecule is CCC1CCCCN1c1ncnc(Nc2ccccc2OC)c1N. The largest absolute Gasteiger partial charge is 0.495 e.